The molecule has 0 saturated carbocycles. The third kappa shape index (κ3) is 4.78. The van der Waals surface area contributed by atoms with Crippen molar-refractivity contribution >= 4 is 22.5 Å². The molecule has 1 saturated heterocycles. The lowest BCUT2D eigenvalue weighted by atomic mass is 9.89. The van der Waals surface area contributed by atoms with Crippen LogP contribution in [0.25, 0.3) is 16.7 Å². The lowest BCUT2D eigenvalue weighted by Crippen LogP contribution is -2.35. The Labute approximate surface area is 190 Å². The summed E-state index contributed by atoms with van der Waals surface area (Å²) in [4.78, 5) is 28.0. The summed E-state index contributed by atoms with van der Waals surface area (Å²) in [6.07, 6.45) is 3.70. The van der Waals surface area contributed by atoms with Crippen LogP contribution in [0.4, 0.5) is 0 Å². The molecule has 0 aliphatic carbocycles. The Morgan fingerprint density at radius 3 is 2.44 bits per heavy atom. The average molecular weight is 432 g/mol. The number of aryl methyl sites for hydroxylation is 2. The van der Waals surface area contributed by atoms with Crippen LogP contribution in [0.1, 0.15) is 48.5 Å². The largest absolute Gasteiger partial charge is 0.333 e. The number of hydrogen-bond donors (Lipinski definition) is 0. The highest BCUT2D eigenvalue weighted by atomic mass is 16.1. The van der Waals surface area contributed by atoms with Gasteiger partial charge in [-0.3, -0.25) is 13.9 Å². The first-order valence-corrected chi connectivity index (χ1v) is 11.6. The number of benzene rings is 2. The number of nitrogens with zero attached hydrogens (tertiary/aromatic N) is 3. The molecular formula is C27H33N3O2. The molecule has 0 atom stereocenters. The van der Waals surface area contributed by atoms with Crippen molar-refractivity contribution in [3.63, 3.8) is 0 Å². The van der Waals surface area contributed by atoms with Gasteiger partial charge < -0.3 is 4.90 Å². The topological polar surface area (TPSA) is 47.2 Å². The minimum atomic E-state index is -0.00734. The molecule has 0 unspecified atom stereocenters. The number of carbonyl (C=O) groups is 1. The van der Waals surface area contributed by atoms with E-state index in [9.17, 15) is 9.59 Å². The van der Waals surface area contributed by atoms with Crippen molar-refractivity contribution in [1.82, 2.24) is 14.0 Å². The van der Waals surface area contributed by atoms with Gasteiger partial charge in [-0.15, -0.1) is 0 Å². The Morgan fingerprint density at radius 1 is 1.03 bits per heavy atom. The highest BCUT2D eigenvalue weighted by Crippen LogP contribution is 2.23. The van der Waals surface area contributed by atoms with E-state index in [0.29, 0.717) is 18.9 Å². The van der Waals surface area contributed by atoms with E-state index in [1.165, 1.54) is 0 Å². The maximum Gasteiger partial charge on any atom is 0.333 e. The fraction of sp³-hybridized carbons (Fsp3) is 0.407. The van der Waals surface area contributed by atoms with E-state index >= 15 is 0 Å². The minimum Gasteiger partial charge on any atom is -0.303 e. The summed E-state index contributed by atoms with van der Waals surface area (Å²) in [6.45, 7) is 11.6. The van der Waals surface area contributed by atoms with Crippen molar-refractivity contribution in [2.24, 2.45) is 5.92 Å². The molecule has 0 N–H and O–H groups in total. The van der Waals surface area contributed by atoms with Crippen molar-refractivity contribution in [2.45, 2.75) is 46.1 Å². The Bertz CT molecular complexity index is 1180. The number of likely N-dealkylation sites (tertiary alicyclic amines) is 1. The molecule has 0 spiro atoms. The minimum absolute atomic E-state index is 0.00734. The quantitative estimate of drug-likeness (QED) is 0.473. The van der Waals surface area contributed by atoms with Crippen molar-refractivity contribution in [3.05, 3.63) is 76.7 Å². The summed E-state index contributed by atoms with van der Waals surface area (Å²) in [5, 5.41) is 0. The number of carbonyl (C=O) groups excluding carboxylic acids is 1. The second-order valence-electron chi connectivity index (χ2n) is 9.13. The van der Waals surface area contributed by atoms with Gasteiger partial charge in [-0.05, 0) is 76.9 Å². The second kappa shape index (κ2) is 9.70. The summed E-state index contributed by atoms with van der Waals surface area (Å²) in [6, 6.07) is 15.8. The van der Waals surface area contributed by atoms with Gasteiger partial charge in [-0.25, -0.2) is 4.79 Å². The molecule has 3 aromatic rings. The number of piperidine rings is 1. The Kier molecular flexibility index (Phi) is 6.75. The smallest absolute Gasteiger partial charge is 0.303 e. The van der Waals surface area contributed by atoms with Gasteiger partial charge in [0.25, 0.3) is 0 Å². The predicted molar refractivity (Wildman–Crippen MR) is 131 cm³/mol. The number of imidazole rings is 1. The number of Topliss-reactive ketones (excluding diaryl/α,β-unsaturated/α-hetero) is 1. The summed E-state index contributed by atoms with van der Waals surface area (Å²) in [7, 11) is 0. The van der Waals surface area contributed by atoms with Crippen LogP contribution in [0.5, 0.6) is 0 Å². The average Bonchev–Trinajstić information content (AvgIpc) is 3.06. The molecule has 1 fully saturated rings. The zero-order chi connectivity index (χ0) is 22.7. The third-order valence-electron chi connectivity index (χ3n) is 6.59. The summed E-state index contributed by atoms with van der Waals surface area (Å²) < 4.78 is 3.57. The number of fused-ring (bicyclic) bond motifs is 1. The number of rotatable bonds is 8. The van der Waals surface area contributed by atoms with E-state index in [0.717, 1.165) is 66.8 Å². The maximum absolute atomic E-state index is 12.9. The Morgan fingerprint density at radius 2 is 1.75 bits per heavy atom. The van der Waals surface area contributed by atoms with Crippen LogP contribution in [0.3, 0.4) is 0 Å². The molecule has 1 aromatic heterocycles. The van der Waals surface area contributed by atoms with Gasteiger partial charge in [0.05, 0.1) is 11.0 Å². The predicted octanol–water partition coefficient (Wildman–Crippen LogP) is 4.98. The van der Waals surface area contributed by atoms with Crippen LogP contribution in [-0.4, -0.2) is 39.5 Å². The van der Waals surface area contributed by atoms with Gasteiger partial charge in [0.2, 0.25) is 0 Å². The molecule has 1 aliphatic rings. The van der Waals surface area contributed by atoms with Crippen LogP contribution in [0, 0.1) is 12.8 Å². The summed E-state index contributed by atoms with van der Waals surface area (Å²) in [5.74, 6) is 0.732. The Hall–Kier alpha value is -2.92. The van der Waals surface area contributed by atoms with Crippen molar-refractivity contribution in [3.8, 4) is 0 Å². The van der Waals surface area contributed by atoms with E-state index in [4.69, 9.17) is 0 Å². The highest BCUT2D eigenvalue weighted by Gasteiger charge is 2.22. The van der Waals surface area contributed by atoms with Crippen LogP contribution in [0.15, 0.2) is 59.9 Å². The van der Waals surface area contributed by atoms with E-state index in [2.05, 4.69) is 11.5 Å². The van der Waals surface area contributed by atoms with Crippen LogP contribution in [0.2, 0.25) is 0 Å². The molecule has 1 aliphatic heterocycles. The molecule has 5 nitrogen and oxygen atoms in total. The number of para-hydroxylation sites is 2. The Balaban J connectivity index is 1.29. The molecule has 0 amide bonds. The molecule has 4 rings (SSSR count). The van der Waals surface area contributed by atoms with Gasteiger partial charge in [-0.1, -0.05) is 42.5 Å². The number of aromatic nitrogens is 2. The SMILES string of the molecule is C=C(C)n1c(=O)n(CCCN2CCC(CC(=O)c3cccc(C)c3)CC2)c2ccccc21. The zero-order valence-corrected chi connectivity index (χ0v) is 19.2. The number of allylic oxidation sites excluding steroid dienone is 1. The lowest BCUT2D eigenvalue weighted by Gasteiger charge is -2.31. The van der Waals surface area contributed by atoms with Crippen molar-refractivity contribution < 1.29 is 4.79 Å². The fourth-order valence-electron chi connectivity index (χ4n) is 4.86. The van der Waals surface area contributed by atoms with Crippen LogP contribution >= 0.6 is 0 Å². The molecule has 0 bridgehead atoms. The first-order chi connectivity index (χ1) is 15.4. The monoisotopic (exact) mass is 431 g/mol. The van der Waals surface area contributed by atoms with Gasteiger partial charge in [0.1, 0.15) is 0 Å². The van der Waals surface area contributed by atoms with Gasteiger partial charge >= 0.3 is 5.69 Å². The summed E-state index contributed by atoms with van der Waals surface area (Å²) in [5.41, 5.74) is 4.60. The second-order valence-corrected chi connectivity index (χ2v) is 9.13. The van der Waals surface area contributed by atoms with Gasteiger partial charge in [-0.2, -0.15) is 0 Å². The van der Waals surface area contributed by atoms with E-state index in [-0.39, 0.29) is 11.5 Å². The highest BCUT2D eigenvalue weighted by molar-refractivity contribution is 5.96. The summed E-state index contributed by atoms with van der Waals surface area (Å²) >= 11 is 0. The van der Waals surface area contributed by atoms with E-state index in [1.807, 2.05) is 66.9 Å². The van der Waals surface area contributed by atoms with Gasteiger partial charge in [0.15, 0.2) is 5.78 Å². The van der Waals surface area contributed by atoms with Crippen LogP contribution < -0.4 is 5.69 Å². The maximum atomic E-state index is 12.9. The molecule has 0 radical (unpaired) electrons. The molecule has 2 aromatic carbocycles. The molecule has 32 heavy (non-hydrogen) atoms. The van der Waals surface area contributed by atoms with Gasteiger partial charge in [0, 0.05) is 24.2 Å². The normalized spacial score (nSPS) is 15.3. The fourth-order valence-corrected chi connectivity index (χ4v) is 4.86. The van der Waals surface area contributed by atoms with Crippen molar-refractivity contribution in [2.75, 3.05) is 19.6 Å². The zero-order valence-electron chi connectivity index (χ0n) is 19.2. The third-order valence-corrected chi connectivity index (χ3v) is 6.59. The molecule has 168 valence electrons. The van der Waals surface area contributed by atoms with E-state index in [1.54, 1.807) is 4.57 Å². The molecule has 5 heteroatoms. The standard InChI is InChI=1S/C27H33N3O2/c1-20(2)30-25-11-5-4-10-24(25)29(27(30)32)15-7-14-28-16-12-22(13-17-28)19-26(31)23-9-6-8-21(3)18-23/h4-6,8-11,18,22H,1,7,12-17,19H2,2-3H3. The van der Waals surface area contributed by atoms with Crippen molar-refractivity contribution in [1.29, 1.82) is 0 Å². The molecule has 2 heterocycles. The first kappa shape index (κ1) is 22.3. The number of hydrogen-bond acceptors (Lipinski definition) is 3. The first-order valence-electron chi connectivity index (χ1n) is 11.6. The number of ketones is 1. The van der Waals surface area contributed by atoms with E-state index < -0.39 is 0 Å². The molecular weight excluding hydrogens is 398 g/mol. The van der Waals surface area contributed by atoms with Crippen LogP contribution in [-0.2, 0) is 6.54 Å². The lowest BCUT2D eigenvalue weighted by molar-refractivity contribution is 0.0927.